The third-order valence-corrected chi connectivity index (χ3v) is 3.06. The van der Waals surface area contributed by atoms with Crippen LogP contribution in [0.3, 0.4) is 0 Å². The minimum Gasteiger partial charge on any atom is -0.481 e. The highest BCUT2D eigenvalue weighted by Crippen LogP contribution is 2.43. The molecule has 0 radical (unpaired) electrons. The summed E-state index contributed by atoms with van der Waals surface area (Å²) in [5.74, 6) is 1.67. The molecule has 2 aromatic rings. The van der Waals surface area contributed by atoms with E-state index < -0.39 is 5.60 Å². The average molecular weight is 229 g/mol. The highest BCUT2D eigenvalue weighted by atomic mass is 16.5. The molecule has 0 amide bonds. The van der Waals surface area contributed by atoms with Crippen LogP contribution in [0.4, 0.5) is 0 Å². The van der Waals surface area contributed by atoms with Crippen LogP contribution in [0, 0.1) is 0 Å². The van der Waals surface area contributed by atoms with Crippen molar-refractivity contribution < 1.29 is 4.74 Å². The van der Waals surface area contributed by atoms with E-state index in [9.17, 15) is 0 Å². The first-order chi connectivity index (χ1) is 8.12. The zero-order chi connectivity index (χ0) is 12.0. The van der Waals surface area contributed by atoms with E-state index in [4.69, 9.17) is 10.5 Å². The van der Waals surface area contributed by atoms with Crippen molar-refractivity contribution in [1.29, 1.82) is 0 Å². The highest BCUT2D eigenvalue weighted by Gasteiger charge is 2.35. The number of aromatic nitrogens is 2. The second-order valence-electron chi connectivity index (χ2n) is 4.72. The van der Waals surface area contributed by atoms with E-state index in [1.54, 1.807) is 0 Å². The van der Waals surface area contributed by atoms with Gasteiger partial charge in [-0.25, -0.2) is 4.98 Å². The first-order valence-electron chi connectivity index (χ1n) is 5.69. The zero-order valence-electron chi connectivity index (χ0n) is 9.95. The molecule has 1 aliphatic rings. The monoisotopic (exact) mass is 229 g/mol. The predicted molar refractivity (Wildman–Crippen MR) is 65.6 cm³/mol. The topological polar surface area (TPSA) is 63.9 Å². The van der Waals surface area contributed by atoms with Crippen LogP contribution < -0.4 is 10.5 Å². The van der Waals surface area contributed by atoms with E-state index in [0.717, 1.165) is 28.5 Å². The lowest BCUT2D eigenvalue weighted by Crippen LogP contribution is -2.29. The first kappa shape index (κ1) is 10.4. The van der Waals surface area contributed by atoms with Crippen molar-refractivity contribution in [3.63, 3.8) is 0 Å². The molecule has 88 valence electrons. The molecule has 0 fully saturated rings. The number of benzene rings is 1. The number of nitrogens with zero attached hydrogens (tertiary/aromatic N) is 1. The fourth-order valence-corrected chi connectivity index (χ4v) is 2.23. The molecule has 0 aliphatic carbocycles. The molecule has 1 aromatic carbocycles. The molecule has 17 heavy (non-hydrogen) atoms. The number of hydrogen-bond donors (Lipinski definition) is 2. The lowest BCUT2D eigenvalue weighted by Gasteiger charge is -2.31. The van der Waals surface area contributed by atoms with Crippen LogP contribution in [0.25, 0.3) is 11.3 Å². The van der Waals surface area contributed by atoms with Gasteiger partial charge in [-0.3, -0.25) is 0 Å². The van der Waals surface area contributed by atoms with E-state index in [0.29, 0.717) is 6.54 Å². The van der Waals surface area contributed by atoms with Gasteiger partial charge < -0.3 is 15.5 Å². The van der Waals surface area contributed by atoms with Crippen molar-refractivity contribution >= 4 is 0 Å². The van der Waals surface area contributed by atoms with Crippen molar-refractivity contribution in [2.75, 3.05) is 0 Å². The lowest BCUT2D eigenvalue weighted by atomic mass is 9.95. The maximum absolute atomic E-state index is 5.99. The molecule has 4 nitrogen and oxygen atoms in total. The number of aromatic amines is 1. The number of ether oxygens (including phenoxy) is 1. The Labute approximate surface area is 99.8 Å². The third-order valence-electron chi connectivity index (χ3n) is 3.06. The average Bonchev–Trinajstić information content (AvgIpc) is 2.74. The molecule has 3 rings (SSSR count). The smallest absolute Gasteiger partial charge is 0.145 e. The number of fused-ring (bicyclic) bond motifs is 3. The van der Waals surface area contributed by atoms with E-state index in [1.807, 2.05) is 38.1 Å². The Hall–Kier alpha value is -1.81. The summed E-state index contributed by atoms with van der Waals surface area (Å²) in [5.41, 5.74) is 8.22. The van der Waals surface area contributed by atoms with Crippen LogP contribution >= 0.6 is 0 Å². The predicted octanol–water partition coefficient (Wildman–Crippen LogP) is 2.16. The number of nitrogens with one attached hydrogen (secondary N) is 1. The summed E-state index contributed by atoms with van der Waals surface area (Å²) in [5, 5.41) is 0. The maximum atomic E-state index is 5.99. The summed E-state index contributed by atoms with van der Waals surface area (Å²) in [4.78, 5) is 7.80. The van der Waals surface area contributed by atoms with Gasteiger partial charge in [0, 0.05) is 5.56 Å². The summed E-state index contributed by atoms with van der Waals surface area (Å²) in [6.45, 7) is 4.46. The fraction of sp³-hybridized carbons (Fsp3) is 0.308. The van der Waals surface area contributed by atoms with E-state index >= 15 is 0 Å². The quantitative estimate of drug-likeness (QED) is 0.787. The number of hydrogen-bond acceptors (Lipinski definition) is 3. The first-order valence-corrected chi connectivity index (χ1v) is 5.69. The minimum absolute atomic E-state index is 0.399. The van der Waals surface area contributed by atoms with Crippen molar-refractivity contribution in [2.45, 2.75) is 26.0 Å². The standard InChI is InChI=1S/C13H15N3O/c1-13(2)12-11(15-10(7-14)16-12)8-5-3-4-6-9(8)17-13/h3-6H,7,14H2,1-2H3,(H,15,16). The van der Waals surface area contributed by atoms with Crippen LogP contribution in [-0.2, 0) is 12.1 Å². The normalized spacial score (nSPS) is 15.9. The van der Waals surface area contributed by atoms with Gasteiger partial charge in [0.1, 0.15) is 17.2 Å². The van der Waals surface area contributed by atoms with Crippen LogP contribution in [-0.4, -0.2) is 9.97 Å². The van der Waals surface area contributed by atoms with Crippen molar-refractivity contribution in [1.82, 2.24) is 9.97 Å². The summed E-state index contributed by atoms with van der Waals surface area (Å²) in [7, 11) is 0. The Bertz CT molecular complexity index is 572. The van der Waals surface area contributed by atoms with Gasteiger partial charge in [0.25, 0.3) is 0 Å². The third kappa shape index (κ3) is 1.45. The molecule has 0 unspecified atom stereocenters. The van der Waals surface area contributed by atoms with Crippen LogP contribution in [0.1, 0.15) is 25.4 Å². The van der Waals surface area contributed by atoms with E-state index in [2.05, 4.69) is 9.97 Å². The minimum atomic E-state index is -0.399. The second-order valence-corrected chi connectivity index (χ2v) is 4.72. The van der Waals surface area contributed by atoms with Gasteiger partial charge in [0.2, 0.25) is 0 Å². The number of nitrogens with two attached hydrogens (primary N) is 1. The van der Waals surface area contributed by atoms with Gasteiger partial charge in [0.05, 0.1) is 17.9 Å². The number of para-hydroxylation sites is 1. The molecule has 0 bridgehead atoms. The van der Waals surface area contributed by atoms with Crippen molar-refractivity contribution in [2.24, 2.45) is 5.73 Å². The summed E-state index contributed by atoms with van der Waals surface area (Å²) >= 11 is 0. The largest absolute Gasteiger partial charge is 0.481 e. The van der Waals surface area contributed by atoms with Gasteiger partial charge in [-0.15, -0.1) is 0 Å². The molecule has 1 aliphatic heterocycles. The number of imidazole rings is 1. The number of rotatable bonds is 1. The molecule has 0 atom stereocenters. The molecule has 1 aromatic heterocycles. The summed E-state index contributed by atoms with van der Waals surface area (Å²) < 4.78 is 5.99. The Kier molecular flexibility index (Phi) is 2.03. The Morgan fingerprint density at radius 3 is 2.88 bits per heavy atom. The van der Waals surface area contributed by atoms with Gasteiger partial charge in [0.15, 0.2) is 0 Å². The van der Waals surface area contributed by atoms with Crippen LogP contribution in [0.5, 0.6) is 5.75 Å². The van der Waals surface area contributed by atoms with Gasteiger partial charge >= 0.3 is 0 Å². The lowest BCUT2D eigenvalue weighted by molar-refractivity contribution is 0.101. The van der Waals surface area contributed by atoms with Gasteiger partial charge in [-0.05, 0) is 26.0 Å². The molecule has 0 spiro atoms. The van der Waals surface area contributed by atoms with Crippen LogP contribution in [0.2, 0.25) is 0 Å². The Morgan fingerprint density at radius 1 is 1.35 bits per heavy atom. The second kappa shape index (κ2) is 3.34. The molecule has 3 N–H and O–H groups in total. The SMILES string of the molecule is CC1(C)Oc2ccccc2-c2nc(CN)[nH]c21. The molecule has 0 saturated carbocycles. The maximum Gasteiger partial charge on any atom is 0.145 e. The van der Waals surface area contributed by atoms with E-state index in [1.165, 1.54) is 0 Å². The van der Waals surface area contributed by atoms with Gasteiger partial charge in [-0.2, -0.15) is 0 Å². The van der Waals surface area contributed by atoms with Gasteiger partial charge in [-0.1, -0.05) is 12.1 Å². The zero-order valence-corrected chi connectivity index (χ0v) is 9.95. The van der Waals surface area contributed by atoms with Crippen LogP contribution in [0.15, 0.2) is 24.3 Å². The van der Waals surface area contributed by atoms with Crippen molar-refractivity contribution in [3.8, 4) is 17.0 Å². The highest BCUT2D eigenvalue weighted by molar-refractivity contribution is 5.72. The molecule has 0 saturated heterocycles. The molecular weight excluding hydrogens is 214 g/mol. The Morgan fingerprint density at radius 2 is 2.12 bits per heavy atom. The number of H-pyrrole nitrogens is 1. The molecule has 2 heterocycles. The summed E-state index contributed by atoms with van der Waals surface area (Å²) in [6, 6.07) is 7.94. The van der Waals surface area contributed by atoms with Crippen molar-refractivity contribution in [3.05, 3.63) is 35.8 Å². The fourth-order valence-electron chi connectivity index (χ4n) is 2.23. The molecular formula is C13H15N3O. The molecule has 4 heteroatoms. The Balaban J connectivity index is 2.27. The van der Waals surface area contributed by atoms with E-state index in [-0.39, 0.29) is 0 Å². The summed E-state index contributed by atoms with van der Waals surface area (Å²) in [6.07, 6.45) is 0.